The minimum Gasteiger partial charge on any atom is -0.303 e. The molecule has 0 saturated heterocycles. The van der Waals surface area contributed by atoms with Crippen molar-refractivity contribution in [2.24, 2.45) is 0 Å². The van der Waals surface area contributed by atoms with Crippen LogP contribution >= 0.6 is 15.9 Å². The fourth-order valence-corrected chi connectivity index (χ4v) is 3.17. The van der Waals surface area contributed by atoms with Crippen molar-refractivity contribution in [2.45, 2.75) is 31.8 Å². The normalized spacial score (nSPS) is 18.9. The number of halogens is 2. The summed E-state index contributed by atoms with van der Waals surface area (Å²) in [7, 11) is 0. The summed E-state index contributed by atoms with van der Waals surface area (Å²) in [6, 6.07) is 14.1. The van der Waals surface area contributed by atoms with Crippen molar-refractivity contribution in [1.29, 1.82) is 0 Å². The molecule has 2 aromatic rings. The second-order valence-corrected chi connectivity index (χ2v) is 6.29. The van der Waals surface area contributed by atoms with E-state index < -0.39 is 0 Å². The smallest absolute Gasteiger partial charge is 0.123 e. The Labute approximate surface area is 127 Å². The zero-order chi connectivity index (χ0) is 14.1. The Bertz CT molecular complexity index is 609. The van der Waals surface area contributed by atoms with Gasteiger partial charge in [0.25, 0.3) is 0 Å². The Morgan fingerprint density at radius 1 is 1.20 bits per heavy atom. The Hall–Kier alpha value is -1.19. The summed E-state index contributed by atoms with van der Waals surface area (Å²) >= 11 is 3.45. The maximum atomic E-state index is 13.2. The molecular weight excluding hydrogens is 317 g/mol. The Morgan fingerprint density at radius 2 is 1.95 bits per heavy atom. The molecule has 3 rings (SSSR count). The lowest BCUT2D eigenvalue weighted by Gasteiger charge is -2.21. The minimum absolute atomic E-state index is 0.134. The van der Waals surface area contributed by atoms with Crippen LogP contribution in [0.3, 0.4) is 0 Å². The van der Waals surface area contributed by atoms with Crippen LogP contribution in [0.2, 0.25) is 0 Å². The summed E-state index contributed by atoms with van der Waals surface area (Å²) in [6.45, 7) is 2.17. The number of hydrogen-bond acceptors (Lipinski definition) is 1. The standard InChI is InChI=1S/C17H17BrFN/c1-11(12-2-5-14(18)6-3-12)20-17-9-4-13-10-15(19)7-8-16(13)17/h2-3,5-8,10-11,17,20H,4,9H2,1H3. The number of fused-ring (bicyclic) bond motifs is 1. The summed E-state index contributed by atoms with van der Waals surface area (Å²) in [5.74, 6) is -0.134. The predicted molar refractivity (Wildman–Crippen MR) is 83.2 cm³/mol. The van der Waals surface area contributed by atoms with Crippen LogP contribution in [0.4, 0.5) is 4.39 Å². The van der Waals surface area contributed by atoms with Crippen molar-refractivity contribution in [3.8, 4) is 0 Å². The van der Waals surface area contributed by atoms with E-state index in [9.17, 15) is 4.39 Å². The molecule has 1 aliphatic carbocycles. The Balaban J connectivity index is 1.75. The molecule has 1 aliphatic rings. The summed E-state index contributed by atoms with van der Waals surface area (Å²) in [4.78, 5) is 0. The van der Waals surface area contributed by atoms with E-state index >= 15 is 0 Å². The van der Waals surface area contributed by atoms with Gasteiger partial charge in [-0.2, -0.15) is 0 Å². The highest BCUT2D eigenvalue weighted by Crippen LogP contribution is 2.33. The first kappa shape index (κ1) is 13.8. The molecule has 20 heavy (non-hydrogen) atoms. The van der Waals surface area contributed by atoms with Crippen molar-refractivity contribution in [3.63, 3.8) is 0 Å². The predicted octanol–water partition coefficient (Wildman–Crippen LogP) is 4.93. The molecule has 2 unspecified atom stereocenters. The summed E-state index contributed by atoms with van der Waals surface area (Å²) in [5.41, 5.74) is 3.66. The zero-order valence-electron chi connectivity index (χ0n) is 11.4. The zero-order valence-corrected chi connectivity index (χ0v) is 13.0. The third-order valence-corrected chi connectivity index (χ3v) is 4.53. The van der Waals surface area contributed by atoms with E-state index in [2.05, 4.69) is 52.4 Å². The van der Waals surface area contributed by atoms with Gasteiger partial charge in [0.1, 0.15) is 5.82 Å². The van der Waals surface area contributed by atoms with Gasteiger partial charge in [-0.3, -0.25) is 0 Å². The number of aryl methyl sites for hydroxylation is 1. The monoisotopic (exact) mass is 333 g/mol. The maximum Gasteiger partial charge on any atom is 0.123 e. The second-order valence-electron chi connectivity index (χ2n) is 5.37. The van der Waals surface area contributed by atoms with E-state index in [0.717, 1.165) is 22.9 Å². The molecular formula is C17H17BrFN. The molecule has 0 fully saturated rings. The van der Waals surface area contributed by atoms with Crippen molar-refractivity contribution in [2.75, 3.05) is 0 Å². The Kier molecular flexibility index (Phi) is 3.90. The SMILES string of the molecule is CC(NC1CCc2cc(F)ccc21)c1ccc(Br)cc1. The Morgan fingerprint density at radius 3 is 2.70 bits per heavy atom. The topological polar surface area (TPSA) is 12.0 Å². The number of benzene rings is 2. The maximum absolute atomic E-state index is 13.2. The first-order valence-corrected chi connectivity index (χ1v) is 7.72. The van der Waals surface area contributed by atoms with Crippen LogP contribution in [0.15, 0.2) is 46.9 Å². The first-order valence-electron chi connectivity index (χ1n) is 6.93. The molecule has 0 bridgehead atoms. The van der Waals surface area contributed by atoms with Gasteiger partial charge in [-0.15, -0.1) is 0 Å². The van der Waals surface area contributed by atoms with Crippen molar-refractivity contribution in [1.82, 2.24) is 5.32 Å². The van der Waals surface area contributed by atoms with Gasteiger partial charge in [0.15, 0.2) is 0 Å². The molecule has 0 amide bonds. The van der Waals surface area contributed by atoms with Gasteiger partial charge in [0.05, 0.1) is 0 Å². The molecule has 0 aromatic heterocycles. The molecule has 0 heterocycles. The largest absolute Gasteiger partial charge is 0.303 e. The van der Waals surface area contributed by atoms with Gasteiger partial charge in [-0.05, 0) is 60.7 Å². The van der Waals surface area contributed by atoms with Crippen LogP contribution < -0.4 is 5.32 Å². The molecule has 3 heteroatoms. The highest BCUT2D eigenvalue weighted by Gasteiger charge is 2.24. The van der Waals surface area contributed by atoms with Crippen LogP contribution in [0.1, 0.15) is 42.1 Å². The quantitative estimate of drug-likeness (QED) is 0.839. The second kappa shape index (κ2) is 5.66. The number of rotatable bonds is 3. The van der Waals surface area contributed by atoms with Gasteiger partial charge in [-0.1, -0.05) is 34.1 Å². The highest BCUT2D eigenvalue weighted by atomic mass is 79.9. The molecule has 0 aliphatic heterocycles. The molecule has 104 valence electrons. The third-order valence-electron chi connectivity index (χ3n) is 4.00. The lowest BCUT2D eigenvalue weighted by molar-refractivity contribution is 0.465. The lowest BCUT2D eigenvalue weighted by Crippen LogP contribution is -2.22. The number of hydrogen-bond donors (Lipinski definition) is 1. The first-order chi connectivity index (χ1) is 9.63. The highest BCUT2D eigenvalue weighted by molar-refractivity contribution is 9.10. The summed E-state index contributed by atoms with van der Waals surface area (Å²) < 4.78 is 14.3. The van der Waals surface area contributed by atoms with Crippen LogP contribution in [0, 0.1) is 5.82 Å². The average Bonchev–Trinajstić information content (AvgIpc) is 2.81. The minimum atomic E-state index is -0.134. The molecule has 0 saturated carbocycles. The van der Waals surface area contributed by atoms with E-state index in [1.165, 1.54) is 11.1 Å². The van der Waals surface area contributed by atoms with Crippen LogP contribution in [0.5, 0.6) is 0 Å². The fraction of sp³-hybridized carbons (Fsp3) is 0.294. The van der Waals surface area contributed by atoms with Gasteiger partial charge in [0.2, 0.25) is 0 Å². The molecule has 0 spiro atoms. The van der Waals surface area contributed by atoms with Crippen LogP contribution in [-0.4, -0.2) is 0 Å². The molecule has 0 radical (unpaired) electrons. The van der Waals surface area contributed by atoms with Crippen molar-refractivity contribution < 1.29 is 4.39 Å². The molecule has 2 aromatic carbocycles. The fourth-order valence-electron chi connectivity index (χ4n) is 2.91. The van der Waals surface area contributed by atoms with E-state index in [4.69, 9.17) is 0 Å². The van der Waals surface area contributed by atoms with Crippen molar-refractivity contribution in [3.05, 3.63) is 69.4 Å². The van der Waals surface area contributed by atoms with E-state index in [1.807, 2.05) is 6.07 Å². The van der Waals surface area contributed by atoms with Crippen LogP contribution in [0.25, 0.3) is 0 Å². The van der Waals surface area contributed by atoms with E-state index in [-0.39, 0.29) is 11.9 Å². The molecule has 2 atom stereocenters. The lowest BCUT2D eigenvalue weighted by atomic mass is 10.0. The van der Waals surface area contributed by atoms with Gasteiger partial charge < -0.3 is 5.32 Å². The van der Waals surface area contributed by atoms with Crippen LogP contribution in [-0.2, 0) is 6.42 Å². The van der Waals surface area contributed by atoms with Gasteiger partial charge in [0, 0.05) is 16.6 Å². The van der Waals surface area contributed by atoms with Gasteiger partial charge >= 0.3 is 0 Å². The molecule has 1 nitrogen and oxygen atoms in total. The van der Waals surface area contributed by atoms with E-state index in [1.54, 1.807) is 12.1 Å². The van der Waals surface area contributed by atoms with Crippen molar-refractivity contribution >= 4 is 15.9 Å². The summed E-state index contributed by atoms with van der Waals surface area (Å²) in [5, 5.41) is 3.65. The van der Waals surface area contributed by atoms with Gasteiger partial charge in [-0.25, -0.2) is 4.39 Å². The average molecular weight is 334 g/mol. The molecule has 1 N–H and O–H groups in total. The van der Waals surface area contributed by atoms with E-state index in [0.29, 0.717) is 6.04 Å². The number of nitrogens with one attached hydrogen (secondary N) is 1. The summed E-state index contributed by atoms with van der Waals surface area (Å²) in [6.07, 6.45) is 2.00. The third kappa shape index (κ3) is 2.79.